The summed E-state index contributed by atoms with van der Waals surface area (Å²) >= 11 is 3.27. The van der Waals surface area contributed by atoms with Gasteiger partial charge in [0.15, 0.2) is 0 Å². The zero-order chi connectivity index (χ0) is 21.2. The number of nitrogens with one attached hydrogen (secondary N) is 2. The van der Waals surface area contributed by atoms with Crippen molar-refractivity contribution in [1.29, 1.82) is 0 Å². The van der Waals surface area contributed by atoms with Crippen LogP contribution in [0.15, 0.2) is 45.9 Å². The Bertz CT molecular complexity index is 1020. The Hall–Kier alpha value is -2.24. The van der Waals surface area contributed by atoms with E-state index in [0.29, 0.717) is 18.5 Å². The lowest BCUT2D eigenvalue weighted by Crippen LogP contribution is -2.50. The number of aryl methyl sites for hydroxylation is 1. The molecule has 8 nitrogen and oxygen atoms in total. The van der Waals surface area contributed by atoms with Gasteiger partial charge in [0.25, 0.3) is 5.91 Å². The molecule has 2 amide bonds. The molecule has 11 heteroatoms. The zero-order valence-corrected chi connectivity index (χ0v) is 18.0. The monoisotopic (exact) mass is 486 g/mol. The number of sulfonamides is 1. The number of carbonyl (C=O) groups is 2. The van der Waals surface area contributed by atoms with Crippen LogP contribution in [0.2, 0.25) is 0 Å². The molecular weight excluding hydrogens is 467 g/mol. The largest absolute Gasteiger partial charge is 0.345 e. The first-order valence-electron chi connectivity index (χ1n) is 8.86. The van der Waals surface area contributed by atoms with E-state index in [2.05, 4.69) is 26.8 Å². The molecule has 29 heavy (non-hydrogen) atoms. The van der Waals surface area contributed by atoms with Crippen LogP contribution in [0.4, 0.5) is 4.39 Å². The first-order chi connectivity index (χ1) is 13.7. The van der Waals surface area contributed by atoms with Crippen molar-refractivity contribution in [3.63, 3.8) is 0 Å². The molecule has 1 atom stereocenters. The van der Waals surface area contributed by atoms with E-state index in [1.165, 1.54) is 16.4 Å². The minimum atomic E-state index is -3.83. The molecule has 1 aliphatic rings. The third-order valence-electron chi connectivity index (χ3n) is 4.71. The number of hydrogen-bond acceptors (Lipinski definition) is 4. The molecule has 0 saturated carbocycles. The molecule has 2 heterocycles. The number of amides is 2. The summed E-state index contributed by atoms with van der Waals surface area (Å²) in [6.45, 7) is 0.254. The lowest BCUT2D eigenvalue weighted by Gasteiger charge is -2.31. The molecule has 0 spiro atoms. The molecular formula is C18H20BrFN4O4S. The van der Waals surface area contributed by atoms with Crippen LogP contribution in [-0.2, 0) is 21.9 Å². The standard InChI is InChI=1S/C18H20BrFN4O4S/c1-23-11-13(19)9-16(23)18(26)22-21-17(25)12-3-2-8-24(10-12)29(27,28)15-6-4-14(20)5-7-15/h4-7,9,11-12H,2-3,8,10H2,1H3,(H,21,25)(H,22,26). The molecule has 3 rings (SSSR count). The van der Waals surface area contributed by atoms with Gasteiger partial charge in [0.05, 0.1) is 10.8 Å². The van der Waals surface area contributed by atoms with Gasteiger partial charge in [-0.05, 0) is 59.1 Å². The molecule has 1 fully saturated rings. The van der Waals surface area contributed by atoms with Crippen LogP contribution < -0.4 is 10.9 Å². The van der Waals surface area contributed by atoms with E-state index >= 15 is 0 Å². The van der Waals surface area contributed by atoms with Crippen LogP contribution in [0, 0.1) is 11.7 Å². The average Bonchev–Trinajstić information content (AvgIpc) is 3.04. The van der Waals surface area contributed by atoms with E-state index in [1.807, 2.05) is 0 Å². The van der Waals surface area contributed by atoms with Crippen LogP contribution in [0.5, 0.6) is 0 Å². The van der Waals surface area contributed by atoms with Gasteiger partial charge in [-0.2, -0.15) is 4.31 Å². The highest BCUT2D eigenvalue weighted by atomic mass is 79.9. The van der Waals surface area contributed by atoms with Gasteiger partial charge in [-0.15, -0.1) is 0 Å². The van der Waals surface area contributed by atoms with E-state index in [0.717, 1.165) is 16.6 Å². The molecule has 0 radical (unpaired) electrons. The molecule has 0 aliphatic carbocycles. The molecule has 1 aromatic carbocycles. The molecule has 1 saturated heterocycles. The van der Waals surface area contributed by atoms with Crippen molar-refractivity contribution in [2.24, 2.45) is 13.0 Å². The lowest BCUT2D eigenvalue weighted by molar-refractivity contribution is -0.126. The molecule has 2 N–H and O–H groups in total. The van der Waals surface area contributed by atoms with Gasteiger partial charge >= 0.3 is 0 Å². The number of hydrogen-bond donors (Lipinski definition) is 2. The van der Waals surface area contributed by atoms with Crippen molar-refractivity contribution in [3.8, 4) is 0 Å². The second-order valence-corrected chi connectivity index (χ2v) is 9.61. The van der Waals surface area contributed by atoms with Crippen molar-refractivity contribution < 1.29 is 22.4 Å². The van der Waals surface area contributed by atoms with Crippen molar-refractivity contribution >= 4 is 37.8 Å². The minimum Gasteiger partial charge on any atom is -0.345 e. The second-order valence-electron chi connectivity index (χ2n) is 6.75. The van der Waals surface area contributed by atoms with Gasteiger partial charge in [-0.25, -0.2) is 12.8 Å². The topological polar surface area (TPSA) is 101 Å². The second kappa shape index (κ2) is 8.64. The number of halogens is 2. The van der Waals surface area contributed by atoms with E-state index in [9.17, 15) is 22.4 Å². The van der Waals surface area contributed by atoms with Crippen LogP contribution in [0.25, 0.3) is 0 Å². The smallest absolute Gasteiger partial charge is 0.286 e. The Morgan fingerprint density at radius 1 is 1.21 bits per heavy atom. The lowest BCUT2D eigenvalue weighted by atomic mass is 9.99. The average molecular weight is 487 g/mol. The van der Waals surface area contributed by atoms with Gasteiger partial charge in [0.2, 0.25) is 15.9 Å². The Labute approximate surface area is 176 Å². The maximum Gasteiger partial charge on any atom is 0.286 e. The van der Waals surface area contributed by atoms with Gasteiger partial charge in [0.1, 0.15) is 11.5 Å². The minimum absolute atomic E-state index is 0.0167. The van der Waals surface area contributed by atoms with E-state index < -0.39 is 33.6 Å². The molecule has 0 bridgehead atoms. The maximum atomic E-state index is 13.1. The fraction of sp³-hybridized carbons (Fsp3) is 0.333. The molecule has 156 valence electrons. The molecule has 1 aliphatic heterocycles. The van der Waals surface area contributed by atoms with E-state index in [-0.39, 0.29) is 18.0 Å². The predicted molar refractivity (Wildman–Crippen MR) is 107 cm³/mol. The highest BCUT2D eigenvalue weighted by Crippen LogP contribution is 2.24. The molecule has 1 aromatic heterocycles. The summed E-state index contributed by atoms with van der Waals surface area (Å²) in [5.74, 6) is -2.09. The van der Waals surface area contributed by atoms with Gasteiger partial charge in [-0.1, -0.05) is 0 Å². The Morgan fingerprint density at radius 2 is 1.90 bits per heavy atom. The fourth-order valence-corrected chi connectivity index (χ4v) is 5.21. The summed E-state index contributed by atoms with van der Waals surface area (Å²) in [4.78, 5) is 24.6. The third-order valence-corrected chi connectivity index (χ3v) is 7.02. The molecule has 2 aromatic rings. The number of nitrogens with zero attached hydrogens (tertiary/aromatic N) is 2. The fourth-order valence-electron chi connectivity index (χ4n) is 3.16. The summed E-state index contributed by atoms with van der Waals surface area (Å²) in [6.07, 6.45) is 2.69. The van der Waals surface area contributed by atoms with Gasteiger partial charge in [-0.3, -0.25) is 20.4 Å². The van der Waals surface area contributed by atoms with E-state index in [4.69, 9.17) is 0 Å². The van der Waals surface area contributed by atoms with Gasteiger partial charge < -0.3 is 4.57 Å². The predicted octanol–water partition coefficient (Wildman–Crippen LogP) is 1.79. The quantitative estimate of drug-likeness (QED) is 0.643. The third kappa shape index (κ3) is 4.85. The van der Waals surface area contributed by atoms with Crippen molar-refractivity contribution in [2.45, 2.75) is 17.7 Å². The Kier molecular flexibility index (Phi) is 6.39. The highest BCUT2D eigenvalue weighted by molar-refractivity contribution is 9.10. The first-order valence-corrected chi connectivity index (χ1v) is 11.1. The summed E-state index contributed by atoms with van der Waals surface area (Å²) in [5, 5.41) is 0. The van der Waals surface area contributed by atoms with Crippen molar-refractivity contribution in [2.75, 3.05) is 13.1 Å². The molecule has 1 unspecified atom stereocenters. The van der Waals surface area contributed by atoms with Gasteiger partial charge in [0, 0.05) is 30.8 Å². The first kappa shape index (κ1) is 21.5. The summed E-state index contributed by atoms with van der Waals surface area (Å²) in [5.41, 5.74) is 5.07. The number of piperidine rings is 1. The number of hydrazine groups is 1. The highest BCUT2D eigenvalue weighted by Gasteiger charge is 2.33. The Morgan fingerprint density at radius 3 is 2.52 bits per heavy atom. The van der Waals surface area contributed by atoms with Crippen LogP contribution in [-0.4, -0.2) is 42.2 Å². The SMILES string of the molecule is Cn1cc(Br)cc1C(=O)NNC(=O)C1CCCN(S(=O)(=O)c2ccc(F)cc2)C1. The number of carbonyl (C=O) groups excluding carboxylic acids is 2. The van der Waals surface area contributed by atoms with Crippen LogP contribution in [0.3, 0.4) is 0 Å². The normalized spacial score (nSPS) is 17.7. The van der Waals surface area contributed by atoms with Crippen molar-refractivity contribution in [3.05, 3.63) is 52.5 Å². The van der Waals surface area contributed by atoms with Crippen LogP contribution >= 0.6 is 15.9 Å². The summed E-state index contributed by atoms with van der Waals surface area (Å²) < 4.78 is 42.1. The van der Waals surface area contributed by atoms with Crippen molar-refractivity contribution in [1.82, 2.24) is 19.7 Å². The zero-order valence-electron chi connectivity index (χ0n) is 15.6. The summed E-state index contributed by atoms with van der Waals surface area (Å²) in [7, 11) is -2.14. The summed E-state index contributed by atoms with van der Waals surface area (Å²) in [6, 6.07) is 6.18. The maximum absolute atomic E-state index is 13.1. The van der Waals surface area contributed by atoms with Crippen LogP contribution in [0.1, 0.15) is 23.3 Å². The Balaban J connectivity index is 1.62. The number of aromatic nitrogens is 1. The number of benzene rings is 1. The van der Waals surface area contributed by atoms with E-state index in [1.54, 1.807) is 23.9 Å². The number of rotatable bonds is 4.